The van der Waals surface area contributed by atoms with Crippen molar-refractivity contribution in [3.63, 3.8) is 0 Å². The van der Waals surface area contributed by atoms with E-state index in [4.69, 9.17) is 14.6 Å². The molecule has 1 aromatic heterocycles. The summed E-state index contributed by atoms with van der Waals surface area (Å²) in [7, 11) is 5.26. The molecule has 0 spiro atoms. The highest BCUT2D eigenvalue weighted by molar-refractivity contribution is 5.78. The van der Waals surface area contributed by atoms with Crippen molar-refractivity contribution in [2.24, 2.45) is 0 Å². The average molecular weight is 497 g/mol. The molecule has 190 valence electrons. The number of methoxy groups -OCH3 is 2. The number of benzene rings is 3. The second kappa shape index (κ2) is 10.9. The number of hydrogen-bond donors (Lipinski definition) is 0. The Kier molecular flexibility index (Phi) is 7.23. The van der Waals surface area contributed by atoms with Crippen LogP contribution in [-0.4, -0.2) is 59.8 Å². The number of para-hydroxylation sites is 1. The molecule has 7 nitrogen and oxygen atoms in total. The van der Waals surface area contributed by atoms with Gasteiger partial charge in [0.05, 0.1) is 32.1 Å². The number of amides is 1. The van der Waals surface area contributed by atoms with Crippen LogP contribution in [-0.2, 0) is 24.3 Å². The SMILES string of the molecule is COc1cc2c(cc1OC)CN(C(=O)CN(C)Cc1cn(-c3ccccc3)nc1-c1ccccc1)CC2. The Labute approximate surface area is 217 Å². The maximum absolute atomic E-state index is 13.3. The van der Waals surface area contributed by atoms with E-state index in [2.05, 4.69) is 23.2 Å². The summed E-state index contributed by atoms with van der Waals surface area (Å²) in [6, 6.07) is 24.3. The Morgan fingerprint density at radius 2 is 1.59 bits per heavy atom. The molecule has 2 heterocycles. The van der Waals surface area contributed by atoms with Gasteiger partial charge in [0.15, 0.2) is 11.5 Å². The first-order valence-corrected chi connectivity index (χ1v) is 12.4. The molecule has 0 saturated carbocycles. The van der Waals surface area contributed by atoms with Crippen LogP contribution in [0.15, 0.2) is 79.0 Å². The van der Waals surface area contributed by atoms with Gasteiger partial charge in [-0.25, -0.2) is 4.68 Å². The van der Waals surface area contributed by atoms with Crippen molar-refractivity contribution in [3.8, 4) is 28.4 Å². The maximum atomic E-state index is 13.3. The number of aromatic nitrogens is 2. The third-order valence-corrected chi connectivity index (χ3v) is 6.77. The van der Waals surface area contributed by atoms with E-state index < -0.39 is 0 Å². The smallest absolute Gasteiger partial charge is 0.237 e. The predicted molar refractivity (Wildman–Crippen MR) is 144 cm³/mol. The third-order valence-electron chi connectivity index (χ3n) is 6.77. The quantitative estimate of drug-likeness (QED) is 0.358. The summed E-state index contributed by atoms with van der Waals surface area (Å²) < 4.78 is 12.8. The van der Waals surface area contributed by atoms with Gasteiger partial charge in [-0.15, -0.1) is 0 Å². The first kappa shape index (κ1) is 24.6. The van der Waals surface area contributed by atoms with E-state index in [1.165, 1.54) is 5.56 Å². The number of ether oxygens (including phenoxy) is 2. The average Bonchev–Trinajstić information content (AvgIpc) is 3.36. The molecular weight excluding hydrogens is 464 g/mol. The molecule has 1 aliphatic rings. The van der Waals surface area contributed by atoms with E-state index in [1.807, 2.05) is 77.3 Å². The molecule has 0 N–H and O–H groups in total. The summed E-state index contributed by atoms with van der Waals surface area (Å²) in [6.45, 7) is 2.20. The second-order valence-corrected chi connectivity index (χ2v) is 9.36. The molecule has 7 heteroatoms. The minimum atomic E-state index is 0.111. The van der Waals surface area contributed by atoms with Crippen LogP contribution in [0.4, 0.5) is 0 Å². The monoisotopic (exact) mass is 496 g/mol. The topological polar surface area (TPSA) is 59.8 Å². The van der Waals surface area contributed by atoms with E-state index in [1.54, 1.807) is 14.2 Å². The highest BCUT2D eigenvalue weighted by Crippen LogP contribution is 2.33. The van der Waals surface area contributed by atoms with Gasteiger partial charge in [0, 0.05) is 37.0 Å². The Morgan fingerprint density at radius 1 is 0.946 bits per heavy atom. The minimum absolute atomic E-state index is 0.111. The van der Waals surface area contributed by atoms with E-state index in [0.717, 1.165) is 40.2 Å². The van der Waals surface area contributed by atoms with E-state index in [9.17, 15) is 4.79 Å². The molecule has 1 aliphatic heterocycles. The molecule has 0 bridgehead atoms. The normalized spacial score (nSPS) is 12.9. The predicted octanol–water partition coefficient (Wildman–Crippen LogP) is 4.57. The Morgan fingerprint density at radius 3 is 2.27 bits per heavy atom. The highest BCUT2D eigenvalue weighted by atomic mass is 16.5. The van der Waals surface area contributed by atoms with Gasteiger partial charge in [-0.1, -0.05) is 48.5 Å². The standard InChI is InChI=1S/C30H32N4O3/c1-32(21-29(35)33-15-14-23-16-27(36-2)28(37-3)17-24(23)19-33)18-25-20-34(26-12-8-5-9-13-26)31-30(25)22-10-6-4-7-11-22/h4-13,16-17,20H,14-15,18-19,21H2,1-3H3. The van der Waals surface area contributed by atoms with Gasteiger partial charge in [-0.3, -0.25) is 9.69 Å². The van der Waals surface area contributed by atoms with Gasteiger partial charge >= 0.3 is 0 Å². The number of carbonyl (C=O) groups excluding carboxylic acids is 1. The zero-order chi connectivity index (χ0) is 25.8. The summed E-state index contributed by atoms with van der Waals surface area (Å²) in [5, 5.41) is 4.90. The first-order chi connectivity index (χ1) is 18.1. The zero-order valence-corrected chi connectivity index (χ0v) is 21.6. The lowest BCUT2D eigenvalue weighted by atomic mass is 9.98. The fraction of sp³-hybridized carbons (Fsp3) is 0.267. The summed E-state index contributed by atoms with van der Waals surface area (Å²) in [4.78, 5) is 17.3. The molecule has 4 aromatic rings. The number of nitrogens with zero attached hydrogens (tertiary/aromatic N) is 4. The molecule has 3 aromatic carbocycles. The Balaban J connectivity index is 1.31. The van der Waals surface area contributed by atoms with Gasteiger partial charge in [0.25, 0.3) is 0 Å². The van der Waals surface area contributed by atoms with Gasteiger partial charge in [0.2, 0.25) is 5.91 Å². The molecule has 0 radical (unpaired) electrons. The number of hydrogen-bond acceptors (Lipinski definition) is 5. The summed E-state index contributed by atoms with van der Waals surface area (Å²) in [6.07, 6.45) is 2.86. The van der Waals surface area contributed by atoms with Crippen LogP contribution < -0.4 is 9.47 Å². The van der Waals surface area contributed by atoms with Crippen molar-refractivity contribution in [1.82, 2.24) is 19.6 Å². The van der Waals surface area contributed by atoms with Gasteiger partial charge in [0.1, 0.15) is 0 Å². The number of rotatable bonds is 8. The molecule has 0 saturated heterocycles. The molecular formula is C30H32N4O3. The fourth-order valence-corrected chi connectivity index (χ4v) is 4.85. The van der Waals surface area contributed by atoms with Crippen LogP contribution in [0.5, 0.6) is 11.5 Å². The molecule has 1 amide bonds. The Bertz CT molecular complexity index is 1370. The first-order valence-electron chi connectivity index (χ1n) is 12.4. The minimum Gasteiger partial charge on any atom is -0.493 e. The fourth-order valence-electron chi connectivity index (χ4n) is 4.85. The molecule has 0 unspecified atom stereocenters. The largest absolute Gasteiger partial charge is 0.493 e. The van der Waals surface area contributed by atoms with E-state index in [-0.39, 0.29) is 5.91 Å². The lowest BCUT2D eigenvalue weighted by Crippen LogP contribution is -2.41. The Hall–Kier alpha value is -4.10. The van der Waals surface area contributed by atoms with Crippen molar-refractivity contribution >= 4 is 5.91 Å². The zero-order valence-electron chi connectivity index (χ0n) is 21.6. The second-order valence-electron chi connectivity index (χ2n) is 9.36. The van der Waals surface area contributed by atoms with Gasteiger partial charge in [-0.2, -0.15) is 5.10 Å². The molecule has 37 heavy (non-hydrogen) atoms. The van der Waals surface area contributed by atoms with Crippen molar-refractivity contribution in [1.29, 1.82) is 0 Å². The third kappa shape index (κ3) is 5.37. The van der Waals surface area contributed by atoms with Gasteiger partial charge in [-0.05, 0) is 48.9 Å². The summed E-state index contributed by atoms with van der Waals surface area (Å²) in [5.74, 6) is 1.53. The highest BCUT2D eigenvalue weighted by Gasteiger charge is 2.24. The lowest BCUT2D eigenvalue weighted by molar-refractivity contribution is -0.133. The van der Waals surface area contributed by atoms with Crippen molar-refractivity contribution < 1.29 is 14.3 Å². The number of carbonyl (C=O) groups is 1. The summed E-state index contributed by atoms with van der Waals surface area (Å²) in [5.41, 5.74) is 6.38. The van der Waals surface area contributed by atoms with E-state index >= 15 is 0 Å². The van der Waals surface area contributed by atoms with Crippen LogP contribution in [0, 0.1) is 0 Å². The van der Waals surface area contributed by atoms with Crippen molar-refractivity contribution in [3.05, 3.63) is 95.7 Å². The molecule has 0 aliphatic carbocycles. The molecule has 5 rings (SSSR count). The van der Waals surface area contributed by atoms with Crippen molar-refractivity contribution in [2.75, 3.05) is 34.4 Å². The van der Waals surface area contributed by atoms with Crippen LogP contribution in [0.3, 0.4) is 0 Å². The number of likely N-dealkylation sites (N-methyl/N-ethyl adjacent to an activating group) is 1. The van der Waals surface area contributed by atoms with Crippen LogP contribution in [0.25, 0.3) is 16.9 Å². The molecule has 0 atom stereocenters. The maximum Gasteiger partial charge on any atom is 0.237 e. The molecule has 0 fully saturated rings. The van der Waals surface area contributed by atoms with Crippen LogP contribution in [0.1, 0.15) is 16.7 Å². The van der Waals surface area contributed by atoms with E-state index in [0.29, 0.717) is 31.9 Å². The summed E-state index contributed by atoms with van der Waals surface area (Å²) >= 11 is 0. The van der Waals surface area contributed by atoms with Crippen LogP contribution in [0.2, 0.25) is 0 Å². The van der Waals surface area contributed by atoms with Crippen LogP contribution >= 0.6 is 0 Å². The number of fused-ring (bicyclic) bond motifs is 1. The van der Waals surface area contributed by atoms with Crippen molar-refractivity contribution in [2.45, 2.75) is 19.5 Å². The van der Waals surface area contributed by atoms with Gasteiger partial charge < -0.3 is 14.4 Å². The lowest BCUT2D eigenvalue weighted by Gasteiger charge is -2.31.